The zero-order valence-corrected chi connectivity index (χ0v) is 13.6. The van der Waals surface area contributed by atoms with Crippen LogP contribution in [0.1, 0.15) is 5.56 Å². The molecule has 1 heterocycles. The number of nitrogen functional groups attached to an aromatic ring is 1. The SMILES string of the molecule is Nc1ccc(-c2nnc(SCc3c(Cl)cccc3Cl)o2)cc1. The van der Waals surface area contributed by atoms with Crippen LogP contribution in [0.2, 0.25) is 10.0 Å². The van der Waals surface area contributed by atoms with E-state index < -0.39 is 0 Å². The Hall–Kier alpha value is -1.69. The first-order valence-corrected chi connectivity index (χ1v) is 8.13. The molecule has 4 nitrogen and oxygen atoms in total. The Bertz CT molecular complexity index is 769. The van der Waals surface area contributed by atoms with Crippen molar-refractivity contribution in [1.82, 2.24) is 10.2 Å². The summed E-state index contributed by atoms with van der Waals surface area (Å²) >= 11 is 13.7. The van der Waals surface area contributed by atoms with Gasteiger partial charge in [0.2, 0.25) is 5.89 Å². The highest BCUT2D eigenvalue weighted by atomic mass is 35.5. The van der Waals surface area contributed by atoms with E-state index in [-0.39, 0.29) is 0 Å². The van der Waals surface area contributed by atoms with Crippen LogP contribution < -0.4 is 5.73 Å². The van der Waals surface area contributed by atoms with Crippen LogP contribution in [0.3, 0.4) is 0 Å². The number of rotatable bonds is 4. The second kappa shape index (κ2) is 6.60. The van der Waals surface area contributed by atoms with E-state index in [0.717, 1.165) is 11.1 Å². The fourth-order valence-electron chi connectivity index (χ4n) is 1.81. The minimum atomic E-state index is 0.452. The van der Waals surface area contributed by atoms with Crippen molar-refractivity contribution >= 4 is 40.7 Å². The van der Waals surface area contributed by atoms with Crippen molar-refractivity contribution in [3.63, 3.8) is 0 Å². The highest BCUT2D eigenvalue weighted by Crippen LogP contribution is 2.32. The Morgan fingerprint density at radius 1 is 1.00 bits per heavy atom. The van der Waals surface area contributed by atoms with Gasteiger partial charge in [-0.3, -0.25) is 0 Å². The van der Waals surface area contributed by atoms with Crippen LogP contribution in [0.4, 0.5) is 5.69 Å². The molecule has 0 atom stereocenters. The van der Waals surface area contributed by atoms with Gasteiger partial charge in [-0.2, -0.15) is 0 Å². The molecule has 0 bridgehead atoms. The van der Waals surface area contributed by atoms with Gasteiger partial charge in [0.25, 0.3) is 5.22 Å². The number of nitrogens with two attached hydrogens (primary N) is 1. The van der Waals surface area contributed by atoms with Gasteiger partial charge in [-0.05, 0) is 42.0 Å². The second-order valence-corrected chi connectivity index (χ2v) is 6.23. The summed E-state index contributed by atoms with van der Waals surface area (Å²) in [7, 11) is 0. The molecule has 0 aliphatic heterocycles. The monoisotopic (exact) mass is 351 g/mol. The van der Waals surface area contributed by atoms with Gasteiger partial charge in [0, 0.05) is 27.0 Å². The summed E-state index contributed by atoms with van der Waals surface area (Å²) < 4.78 is 5.62. The summed E-state index contributed by atoms with van der Waals surface area (Å²) in [6.45, 7) is 0. The molecular formula is C15H11Cl2N3OS. The van der Waals surface area contributed by atoms with Crippen LogP contribution in [0, 0.1) is 0 Å². The van der Waals surface area contributed by atoms with Gasteiger partial charge < -0.3 is 10.2 Å². The van der Waals surface area contributed by atoms with Crippen molar-refractivity contribution in [2.24, 2.45) is 0 Å². The van der Waals surface area contributed by atoms with Crippen molar-refractivity contribution in [2.45, 2.75) is 11.0 Å². The molecule has 2 aromatic carbocycles. The van der Waals surface area contributed by atoms with E-state index in [1.54, 1.807) is 24.3 Å². The smallest absolute Gasteiger partial charge is 0.277 e. The number of anilines is 1. The molecule has 0 aliphatic carbocycles. The number of halogens is 2. The average Bonchev–Trinajstić information content (AvgIpc) is 2.96. The lowest BCUT2D eigenvalue weighted by Gasteiger charge is -2.04. The molecule has 0 spiro atoms. The van der Waals surface area contributed by atoms with Crippen LogP contribution in [0.5, 0.6) is 0 Å². The van der Waals surface area contributed by atoms with E-state index in [1.807, 2.05) is 18.2 Å². The largest absolute Gasteiger partial charge is 0.411 e. The second-order valence-electron chi connectivity index (χ2n) is 4.48. The predicted octanol–water partition coefficient (Wildman–Crippen LogP) is 4.92. The molecule has 22 heavy (non-hydrogen) atoms. The maximum absolute atomic E-state index is 6.14. The normalized spacial score (nSPS) is 10.8. The molecule has 1 aromatic heterocycles. The highest BCUT2D eigenvalue weighted by molar-refractivity contribution is 7.98. The number of thioether (sulfide) groups is 1. The molecule has 2 N–H and O–H groups in total. The summed E-state index contributed by atoms with van der Waals surface area (Å²) in [6, 6.07) is 12.7. The van der Waals surface area contributed by atoms with Gasteiger partial charge in [-0.15, -0.1) is 10.2 Å². The number of benzene rings is 2. The van der Waals surface area contributed by atoms with Gasteiger partial charge >= 0.3 is 0 Å². The number of hydrogen-bond acceptors (Lipinski definition) is 5. The minimum absolute atomic E-state index is 0.452. The third-order valence-corrected chi connectivity index (χ3v) is 4.52. The van der Waals surface area contributed by atoms with Crippen molar-refractivity contribution in [3.05, 3.63) is 58.1 Å². The number of hydrogen-bond donors (Lipinski definition) is 1. The van der Waals surface area contributed by atoms with Crippen molar-refractivity contribution in [1.29, 1.82) is 0 Å². The van der Waals surface area contributed by atoms with E-state index in [9.17, 15) is 0 Å². The fraction of sp³-hybridized carbons (Fsp3) is 0.0667. The summed E-state index contributed by atoms with van der Waals surface area (Å²) in [6.07, 6.45) is 0. The molecule has 112 valence electrons. The van der Waals surface area contributed by atoms with E-state index in [2.05, 4.69) is 10.2 Å². The van der Waals surface area contributed by atoms with Crippen LogP contribution in [0.15, 0.2) is 52.1 Å². The van der Waals surface area contributed by atoms with Crippen molar-refractivity contribution < 1.29 is 4.42 Å². The summed E-state index contributed by atoms with van der Waals surface area (Å²) in [4.78, 5) is 0. The molecule has 0 unspecified atom stereocenters. The summed E-state index contributed by atoms with van der Waals surface area (Å²) in [5.74, 6) is 1.01. The molecule has 3 aromatic rings. The molecule has 3 rings (SSSR count). The Morgan fingerprint density at radius 3 is 2.36 bits per heavy atom. The van der Waals surface area contributed by atoms with Gasteiger partial charge in [-0.1, -0.05) is 41.0 Å². The molecule has 0 aliphatic rings. The Balaban J connectivity index is 1.73. The van der Waals surface area contributed by atoms with Crippen LogP contribution in [0.25, 0.3) is 11.5 Å². The van der Waals surface area contributed by atoms with Crippen LogP contribution >= 0.6 is 35.0 Å². The molecular weight excluding hydrogens is 341 g/mol. The van der Waals surface area contributed by atoms with Gasteiger partial charge in [-0.25, -0.2) is 0 Å². The maximum Gasteiger partial charge on any atom is 0.277 e. The van der Waals surface area contributed by atoms with Crippen molar-refractivity contribution in [2.75, 3.05) is 5.73 Å². The quantitative estimate of drug-likeness (QED) is 0.533. The number of nitrogens with zero attached hydrogens (tertiary/aromatic N) is 2. The molecule has 0 fully saturated rings. The fourth-order valence-corrected chi connectivity index (χ4v) is 3.32. The zero-order chi connectivity index (χ0) is 15.5. The summed E-state index contributed by atoms with van der Waals surface area (Å²) in [5.41, 5.74) is 8.01. The van der Waals surface area contributed by atoms with Gasteiger partial charge in [0.15, 0.2) is 0 Å². The maximum atomic E-state index is 6.14. The lowest BCUT2D eigenvalue weighted by atomic mass is 10.2. The standard InChI is InChI=1S/C15H11Cl2N3OS/c16-12-2-1-3-13(17)11(12)8-22-15-20-19-14(21-15)9-4-6-10(18)7-5-9/h1-7H,8,18H2. The minimum Gasteiger partial charge on any atom is -0.411 e. The van der Waals surface area contributed by atoms with E-state index >= 15 is 0 Å². The Kier molecular flexibility index (Phi) is 4.57. The summed E-state index contributed by atoms with van der Waals surface area (Å²) in [5, 5.41) is 9.75. The Labute approximate surface area is 141 Å². The first-order valence-electron chi connectivity index (χ1n) is 6.38. The van der Waals surface area contributed by atoms with Gasteiger partial charge in [0.05, 0.1) is 0 Å². The van der Waals surface area contributed by atoms with Crippen LogP contribution in [-0.4, -0.2) is 10.2 Å². The first kappa shape index (κ1) is 15.2. The van der Waals surface area contributed by atoms with E-state index in [1.165, 1.54) is 11.8 Å². The van der Waals surface area contributed by atoms with Gasteiger partial charge in [0.1, 0.15) is 0 Å². The molecule has 0 saturated carbocycles. The zero-order valence-electron chi connectivity index (χ0n) is 11.3. The molecule has 0 amide bonds. The third-order valence-electron chi connectivity index (χ3n) is 2.97. The van der Waals surface area contributed by atoms with E-state index in [0.29, 0.717) is 32.6 Å². The lowest BCUT2D eigenvalue weighted by Crippen LogP contribution is -1.84. The van der Waals surface area contributed by atoms with E-state index in [4.69, 9.17) is 33.4 Å². The predicted molar refractivity (Wildman–Crippen MR) is 90.2 cm³/mol. The highest BCUT2D eigenvalue weighted by Gasteiger charge is 2.11. The molecule has 0 radical (unpaired) electrons. The topological polar surface area (TPSA) is 64.9 Å². The molecule has 0 saturated heterocycles. The molecule has 7 heteroatoms. The average molecular weight is 352 g/mol. The van der Waals surface area contributed by atoms with Crippen molar-refractivity contribution in [3.8, 4) is 11.5 Å². The lowest BCUT2D eigenvalue weighted by molar-refractivity contribution is 0.466. The first-order chi connectivity index (χ1) is 10.6. The van der Waals surface area contributed by atoms with Crippen LogP contribution in [-0.2, 0) is 5.75 Å². The Morgan fingerprint density at radius 2 is 1.68 bits per heavy atom. The number of aromatic nitrogens is 2. The third kappa shape index (κ3) is 3.38.